The SMILES string of the molecule is CCCCCCCC(CC)(CC)C(C(=O)O)C(=O)O. The van der Waals surface area contributed by atoms with Gasteiger partial charge in [-0.15, -0.1) is 0 Å². The third-order valence-electron chi connectivity index (χ3n) is 4.29. The highest BCUT2D eigenvalue weighted by atomic mass is 16.4. The molecule has 0 amide bonds. The molecular weight excluding hydrogens is 244 g/mol. The Labute approximate surface area is 116 Å². The molecule has 0 saturated heterocycles. The highest BCUT2D eigenvalue weighted by Gasteiger charge is 2.44. The molecule has 4 nitrogen and oxygen atoms in total. The predicted molar refractivity (Wildman–Crippen MR) is 75.2 cm³/mol. The van der Waals surface area contributed by atoms with Crippen LogP contribution in [0.15, 0.2) is 0 Å². The van der Waals surface area contributed by atoms with Crippen molar-refractivity contribution in [3.8, 4) is 0 Å². The van der Waals surface area contributed by atoms with Crippen LogP contribution in [0.3, 0.4) is 0 Å². The van der Waals surface area contributed by atoms with Crippen molar-refractivity contribution in [3.05, 3.63) is 0 Å². The van der Waals surface area contributed by atoms with Crippen molar-refractivity contribution in [3.63, 3.8) is 0 Å². The summed E-state index contributed by atoms with van der Waals surface area (Å²) in [6.45, 7) is 5.94. The Morgan fingerprint density at radius 2 is 1.37 bits per heavy atom. The summed E-state index contributed by atoms with van der Waals surface area (Å²) in [5.74, 6) is -3.69. The van der Waals surface area contributed by atoms with E-state index >= 15 is 0 Å². The van der Waals surface area contributed by atoms with Crippen LogP contribution in [0.2, 0.25) is 0 Å². The maximum Gasteiger partial charge on any atom is 0.318 e. The van der Waals surface area contributed by atoms with Gasteiger partial charge in [0.05, 0.1) is 0 Å². The Balaban J connectivity index is 4.72. The second-order valence-electron chi connectivity index (χ2n) is 5.34. The van der Waals surface area contributed by atoms with Crippen LogP contribution in [0, 0.1) is 11.3 Å². The Morgan fingerprint density at radius 1 is 0.895 bits per heavy atom. The van der Waals surface area contributed by atoms with E-state index in [4.69, 9.17) is 0 Å². The summed E-state index contributed by atoms with van der Waals surface area (Å²) >= 11 is 0. The molecule has 0 aromatic carbocycles. The van der Waals surface area contributed by atoms with Gasteiger partial charge in [-0.1, -0.05) is 52.9 Å². The van der Waals surface area contributed by atoms with Gasteiger partial charge in [0.25, 0.3) is 0 Å². The van der Waals surface area contributed by atoms with Gasteiger partial charge in [0.15, 0.2) is 5.92 Å². The molecule has 19 heavy (non-hydrogen) atoms. The van der Waals surface area contributed by atoms with Crippen LogP contribution in [0.1, 0.15) is 72.1 Å². The van der Waals surface area contributed by atoms with Crippen LogP contribution in [0.4, 0.5) is 0 Å². The van der Waals surface area contributed by atoms with E-state index in [1.54, 1.807) is 0 Å². The fourth-order valence-corrected chi connectivity index (χ4v) is 2.87. The zero-order chi connectivity index (χ0) is 14.9. The molecule has 2 N–H and O–H groups in total. The highest BCUT2D eigenvalue weighted by Crippen LogP contribution is 2.41. The molecule has 0 aliphatic heterocycles. The average Bonchev–Trinajstić information content (AvgIpc) is 2.36. The first-order chi connectivity index (χ1) is 8.95. The lowest BCUT2D eigenvalue weighted by molar-refractivity contribution is -0.162. The summed E-state index contributed by atoms with van der Waals surface area (Å²) in [5.41, 5.74) is -0.607. The van der Waals surface area contributed by atoms with E-state index < -0.39 is 23.3 Å². The largest absolute Gasteiger partial charge is 0.481 e. The number of hydrogen-bond donors (Lipinski definition) is 2. The lowest BCUT2D eigenvalue weighted by Crippen LogP contribution is -2.40. The molecule has 0 fully saturated rings. The van der Waals surface area contributed by atoms with Crippen molar-refractivity contribution in [2.45, 2.75) is 72.1 Å². The predicted octanol–water partition coefficient (Wildman–Crippen LogP) is 3.94. The molecule has 0 radical (unpaired) electrons. The fraction of sp³-hybridized carbons (Fsp3) is 0.867. The number of unbranched alkanes of at least 4 members (excludes halogenated alkanes) is 4. The topological polar surface area (TPSA) is 74.6 Å². The van der Waals surface area contributed by atoms with Crippen molar-refractivity contribution >= 4 is 11.9 Å². The fourth-order valence-electron chi connectivity index (χ4n) is 2.87. The third kappa shape index (κ3) is 5.21. The summed E-state index contributed by atoms with van der Waals surface area (Å²) < 4.78 is 0. The molecule has 0 heterocycles. The van der Waals surface area contributed by atoms with E-state index in [1.807, 2.05) is 13.8 Å². The van der Waals surface area contributed by atoms with E-state index in [0.717, 1.165) is 19.3 Å². The Hall–Kier alpha value is -1.06. The lowest BCUT2D eigenvalue weighted by Gasteiger charge is -2.35. The van der Waals surface area contributed by atoms with Gasteiger partial charge in [0, 0.05) is 0 Å². The Morgan fingerprint density at radius 3 is 1.74 bits per heavy atom. The van der Waals surface area contributed by atoms with E-state index in [-0.39, 0.29) is 0 Å². The average molecular weight is 272 g/mol. The molecule has 0 aliphatic carbocycles. The van der Waals surface area contributed by atoms with Gasteiger partial charge in [0.2, 0.25) is 0 Å². The first-order valence-electron chi connectivity index (χ1n) is 7.40. The van der Waals surface area contributed by atoms with E-state index in [0.29, 0.717) is 19.3 Å². The number of carbonyl (C=O) groups is 2. The molecule has 0 unspecified atom stereocenters. The maximum absolute atomic E-state index is 11.3. The second kappa shape index (κ2) is 8.94. The van der Waals surface area contributed by atoms with Crippen molar-refractivity contribution in [2.24, 2.45) is 11.3 Å². The van der Waals surface area contributed by atoms with Gasteiger partial charge in [-0.05, 0) is 24.7 Å². The van der Waals surface area contributed by atoms with E-state index in [9.17, 15) is 19.8 Å². The normalized spacial score (nSPS) is 11.8. The van der Waals surface area contributed by atoms with Gasteiger partial charge < -0.3 is 10.2 Å². The summed E-state index contributed by atoms with van der Waals surface area (Å²) in [6.07, 6.45) is 7.35. The van der Waals surface area contributed by atoms with Gasteiger partial charge in [0.1, 0.15) is 0 Å². The zero-order valence-electron chi connectivity index (χ0n) is 12.4. The first-order valence-corrected chi connectivity index (χ1v) is 7.40. The Kier molecular flexibility index (Phi) is 8.44. The number of hydrogen-bond acceptors (Lipinski definition) is 2. The molecule has 0 aromatic rings. The minimum atomic E-state index is -1.28. The van der Waals surface area contributed by atoms with E-state index in [1.165, 1.54) is 12.8 Å². The molecule has 0 atom stereocenters. The molecule has 112 valence electrons. The number of aliphatic carboxylic acids is 2. The molecule has 0 aliphatic rings. The minimum absolute atomic E-state index is 0.598. The number of carboxylic acid groups (broad SMARTS) is 2. The molecule has 0 saturated carbocycles. The Bertz CT molecular complexity index is 268. The van der Waals surface area contributed by atoms with Gasteiger partial charge in [-0.3, -0.25) is 9.59 Å². The molecule has 0 rings (SSSR count). The molecule has 0 aromatic heterocycles. The standard InChI is InChI=1S/C15H28O4/c1-4-7-8-9-10-11-15(5-2,6-3)12(13(16)17)14(18)19/h12H,4-11H2,1-3H3,(H,16,17)(H,18,19). The monoisotopic (exact) mass is 272 g/mol. The summed E-state index contributed by atoms with van der Waals surface area (Å²) in [7, 11) is 0. The van der Waals surface area contributed by atoms with Crippen LogP contribution in [-0.2, 0) is 9.59 Å². The van der Waals surface area contributed by atoms with Gasteiger partial charge in [-0.25, -0.2) is 0 Å². The van der Waals surface area contributed by atoms with Crippen LogP contribution in [0.25, 0.3) is 0 Å². The third-order valence-corrected chi connectivity index (χ3v) is 4.29. The molecule has 4 heteroatoms. The second-order valence-corrected chi connectivity index (χ2v) is 5.34. The van der Waals surface area contributed by atoms with Crippen molar-refractivity contribution in [1.29, 1.82) is 0 Å². The summed E-state index contributed by atoms with van der Waals surface area (Å²) in [4.78, 5) is 22.5. The van der Waals surface area contributed by atoms with Crippen molar-refractivity contribution in [2.75, 3.05) is 0 Å². The molecular formula is C15H28O4. The van der Waals surface area contributed by atoms with Crippen LogP contribution >= 0.6 is 0 Å². The van der Waals surface area contributed by atoms with E-state index in [2.05, 4.69) is 6.92 Å². The zero-order valence-corrected chi connectivity index (χ0v) is 12.4. The van der Waals surface area contributed by atoms with Crippen molar-refractivity contribution < 1.29 is 19.8 Å². The maximum atomic E-state index is 11.3. The summed E-state index contributed by atoms with van der Waals surface area (Å²) in [5, 5.41) is 18.4. The smallest absolute Gasteiger partial charge is 0.318 e. The number of rotatable bonds is 11. The minimum Gasteiger partial charge on any atom is -0.481 e. The van der Waals surface area contributed by atoms with Crippen LogP contribution in [0.5, 0.6) is 0 Å². The summed E-state index contributed by atoms with van der Waals surface area (Å²) in [6, 6.07) is 0. The van der Waals surface area contributed by atoms with Crippen LogP contribution in [-0.4, -0.2) is 22.2 Å². The van der Waals surface area contributed by atoms with Gasteiger partial charge >= 0.3 is 11.9 Å². The highest BCUT2D eigenvalue weighted by molar-refractivity contribution is 5.93. The lowest BCUT2D eigenvalue weighted by atomic mass is 9.68. The number of carboxylic acids is 2. The van der Waals surface area contributed by atoms with Gasteiger partial charge in [-0.2, -0.15) is 0 Å². The first kappa shape index (κ1) is 17.9. The van der Waals surface area contributed by atoms with Crippen LogP contribution < -0.4 is 0 Å². The molecule has 0 spiro atoms. The molecule has 0 bridgehead atoms. The quantitative estimate of drug-likeness (QED) is 0.441. The van der Waals surface area contributed by atoms with Crippen molar-refractivity contribution in [1.82, 2.24) is 0 Å².